The maximum atomic E-state index is 12.0. The molecule has 0 aromatic heterocycles. The molecule has 0 atom stereocenters. The normalized spacial score (nSPS) is 10.2. The first kappa shape index (κ1) is 15.9. The summed E-state index contributed by atoms with van der Waals surface area (Å²) in [4.78, 5) is 34.8. The Bertz CT molecular complexity index is 508. The molecule has 5 heteroatoms. The maximum absolute atomic E-state index is 12.0. The molecule has 0 bridgehead atoms. The predicted molar refractivity (Wildman–Crippen MR) is 74.3 cm³/mol. The number of ketones is 1. The predicted octanol–water partition coefficient (Wildman–Crippen LogP) is 1.36. The fourth-order valence-corrected chi connectivity index (χ4v) is 1.61. The minimum Gasteiger partial charge on any atom is -0.468 e. The van der Waals surface area contributed by atoms with Crippen LogP contribution in [0.15, 0.2) is 24.3 Å². The van der Waals surface area contributed by atoms with Gasteiger partial charge in [0, 0.05) is 17.9 Å². The van der Waals surface area contributed by atoms with Crippen molar-refractivity contribution in [2.24, 2.45) is 5.92 Å². The zero-order valence-electron chi connectivity index (χ0n) is 11.9. The summed E-state index contributed by atoms with van der Waals surface area (Å²) in [7, 11) is 1.25. The minimum atomic E-state index is -0.519. The number of rotatable bonds is 6. The van der Waals surface area contributed by atoms with Gasteiger partial charge in [-0.3, -0.25) is 14.4 Å². The number of carbonyl (C=O) groups excluding carboxylic acids is 3. The largest absolute Gasteiger partial charge is 0.468 e. The summed E-state index contributed by atoms with van der Waals surface area (Å²) in [5.41, 5.74) is 1.07. The van der Waals surface area contributed by atoms with Crippen LogP contribution in [0.25, 0.3) is 0 Å². The van der Waals surface area contributed by atoms with Gasteiger partial charge in [-0.25, -0.2) is 0 Å². The molecule has 1 amide bonds. The Morgan fingerprint density at radius 1 is 1.20 bits per heavy atom. The highest BCUT2D eigenvalue weighted by Crippen LogP contribution is 2.12. The Labute approximate surface area is 118 Å². The van der Waals surface area contributed by atoms with Crippen molar-refractivity contribution >= 4 is 17.7 Å². The van der Waals surface area contributed by atoms with Crippen molar-refractivity contribution in [3.8, 4) is 0 Å². The lowest BCUT2D eigenvalue weighted by Gasteiger charge is -2.10. The van der Waals surface area contributed by atoms with Crippen molar-refractivity contribution in [1.29, 1.82) is 0 Å². The van der Waals surface area contributed by atoms with Gasteiger partial charge in [0.1, 0.15) is 12.3 Å². The summed E-state index contributed by atoms with van der Waals surface area (Å²) in [5.74, 6) is -0.920. The summed E-state index contributed by atoms with van der Waals surface area (Å²) in [6, 6.07) is 6.87. The third kappa shape index (κ3) is 4.50. The van der Waals surface area contributed by atoms with Crippen LogP contribution in [0, 0.1) is 5.92 Å². The van der Waals surface area contributed by atoms with Crippen LogP contribution in [0.3, 0.4) is 0 Å². The molecule has 0 aliphatic rings. The Balaban J connectivity index is 2.81. The van der Waals surface area contributed by atoms with E-state index in [-0.39, 0.29) is 30.6 Å². The zero-order valence-corrected chi connectivity index (χ0v) is 11.9. The van der Waals surface area contributed by atoms with Crippen molar-refractivity contribution in [2.45, 2.75) is 20.3 Å². The second kappa shape index (κ2) is 7.43. The lowest BCUT2D eigenvalue weighted by atomic mass is 9.97. The van der Waals surface area contributed by atoms with E-state index < -0.39 is 5.97 Å². The first-order valence-electron chi connectivity index (χ1n) is 6.41. The molecule has 5 nitrogen and oxygen atoms in total. The van der Waals surface area contributed by atoms with E-state index in [0.717, 1.165) is 0 Å². The van der Waals surface area contributed by atoms with E-state index >= 15 is 0 Å². The van der Waals surface area contributed by atoms with Gasteiger partial charge >= 0.3 is 5.97 Å². The summed E-state index contributed by atoms with van der Waals surface area (Å²) in [5, 5.41) is 2.47. The standard InChI is InChI=1S/C15H19NO4/c1-10(2)13(17)8-11-6-4-5-7-12(11)15(19)16-9-14(18)20-3/h4-7,10H,8-9H2,1-3H3,(H,16,19). The van der Waals surface area contributed by atoms with Crippen LogP contribution in [-0.4, -0.2) is 31.3 Å². The smallest absolute Gasteiger partial charge is 0.325 e. The van der Waals surface area contributed by atoms with E-state index in [4.69, 9.17) is 0 Å². The molecule has 20 heavy (non-hydrogen) atoms. The molecule has 0 unspecified atom stereocenters. The van der Waals surface area contributed by atoms with E-state index in [1.807, 2.05) is 13.8 Å². The average Bonchev–Trinajstić information content (AvgIpc) is 2.44. The number of esters is 1. The Hall–Kier alpha value is -2.17. The van der Waals surface area contributed by atoms with Crippen LogP contribution in [0.2, 0.25) is 0 Å². The molecule has 0 saturated carbocycles. The van der Waals surface area contributed by atoms with E-state index in [1.54, 1.807) is 24.3 Å². The molecule has 108 valence electrons. The topological polar surface area (TPSA) is 72.5 Å². The second-order valence-corrected chi connectivity index (χ2v) is 4.71. The molecule has 1 aromatic carbocycles. The van der Waals surface area contributed by atoms with E-state index in [1.165, 1.54) is 7.11 Å². The molecule has 0 aliphatic carbocycles. The number of benzene rings is 1. The molecule has 0 aliphatic heterocycles. The molecule has 0 saturated heterocycles. The van der Waals surface area contributed by atoms with Crippen LogP contribution in [0.1, 0.15) is 29.8 Å². The monoisotopic (exact) mass is 277 g/mol. The lowest BCUT2D eigenvalue weighted by molar-refractivity contribution is -0.139. The average molecular weight is 277 g/mol. The summed E-state index contributed by atoms with van der Waals surface area (Å²) < 4.78 is 4.45. The van der Waals surface area contributed by atoms with Gasteiger partial charge in [0.05, 0.1) is 7.11 Å². The van der Waals surface area contributed by atoms with Crippen molar-refractivity contribution in [3.63, 3.8) is 0 Å². The molecular weight excluding hydrogens is 258 g/mol. The number of ether oxygens (including phenoxy) is 1. The minimum absolute atomic E-state index is 0.0678. The maximum Gasteiger partial charge on any atom is 0.325 e. The zero-order chi connectivity index (χ0) is 15.1. The van der Waals surface area contributed by atoms with Gasteiger partial charge in [-0.15, -0.1) is 0 Å². The second-order valence-electron chi connectivity index (χ2n) is 4.71. The van der Waals surface area contributed by atoms with Crippen LogP contribution in [0.4, 0.5) is 0 Å². The molecule has 1 aromatic rings. The van der Waals surface area contributed by atoms with Crippen LogP contribution in [0.5, 0.6) is 0 Å². The van der Waals surface area contributed by atoms with Gasteiger partial charge in [-0.05, 0) is 11.6 Å². The van der Waals surface area contributed by atoms with Crippen LogP contribution < -0.4 is 5.32 Å². The highest BCUT2D eigenvalue weighted by Gasteiger charge is 2.15. The number of amides is 1. The van der Waals surface area contributed by atoms with Crippen molar-refractivity contribution in [2.75, 3.05) is 13.7 Å². The molecule has 1 N–H and O–H groups in total. The number of methoxy groups -OCH3 is 1. The number of hydrogen-bond acceptors (Lipinski definition) is 4. The first-order chi connectivity index (χ1) is 9.45. The highest BCUT2D eigenvalue weighted by molar-refractivity contribution is 5.98. The van der Waals surface area contributed by atoms with Crippen molar-refractivity contribution < 1.29 is 19.1 Å². The van der Waals surface area contributed by atoms with Crippen LogP contribution in [-0.2, 0) is 20.7 Å². The Kier molecular flexibility index (Phi) is 5.90. The molecule has 0 radical (unpaired) electrons. The summed E-state index contributed by atoms with van der Waals surface area (Å²) in [6.45, 7) is 3.45. The number of Topliss-reactive ketones (excluding diaryl/α,β-unsaturated/α-hetero) is 1. The fraction of sp³-hybridized carbons (Fsp3) is 0.400. The van der Waals surface area contributed by atoms with Gasteiger partial charge in [-0.1, -0.05) is 32.0 Å². The summed E-state index contributed by atoms with van der Waals surface area (Å²) >= 11 is 0. The van der Waals surface area contributed by atoms with Gasteiger partial charge in [0.25, 0.3) is 5.91 Å². The Morgan fingerprint density at radius 3 is 2.45 bits per heavy atom. The van der Waals surface area contributed by atoms with Gasteiger partial charge < -0.3 is 10.1 Å². The van der Waals surface area contributed by atoms with E-state index in [9.17, 15) is 14.4 Å². The molecule has 0 heterocycles. The highest BCUT2D eigenvalue weighted by atomic mass is 16.5. The third-order valence-corrected chi connectivity index (χ3v) is 2.89. The number of nitrogens with one attached hydrogen (secondary N) is 1. The number of hydrogen-bond donors (Lipinski definition) is 1. The number of carbonyl (C=O) groups is 3. The van der Waals surface area contributed by atoms with Crippen molar-refractivity contribution in [3.05, 3.63) is 35.4 Å². The van der Waals surface area contributed by atoms with E-state index in [2.05, 4.69) is 10.1 Å². The molecule has 0 spiro atoms. The van der Waals surface area contributed by atoms with Gasteiger partial charge in [0.2, 0.25) is 0 Å². The Morgan fingerprint density at radius 2 is 1.85 bits per heavy atom. The van der Waals surface area contributed by atoms with Crippen molar-refractivity contribution in [1.82, 2.24) is 5.32 Å². The SMILES string of the molecule is COC(=O)CNC(=O)c1ccccc1CC(=O)C(C)C. The van der Waals surface area contributed by atoms with Gasteiger partial charge in [0.15, 0.2) is 0 Å². The first-order valence-corrected chi connectivity index (χ1v) is 6.41. The molecular formula is C15H19NO4. The molecule has 0 fully saturated rings. The quantitative estimate of drug-likeness (QED) is 0.797. The summed E-state index contributed by atoms with van der Waals surface area (Å²) in [6.07, 6.45) is 0.208. The van der Waals surface area contributed by atoms with Crippen LogP contribution >= 0.6 is 0 Å². The molecule has 1 rings (SSSR count). The third-order valence-electron chi connectivity index (χ3n) is 2.89. The van der Waals surface area contributed by atoms with E-state index in [0.29, 0.717) is 11.1 Å². The fourth-order valence-electron chi connectivity index (χ4n) is 1.61. The van der Waals surface area contributed by atoms with Gasteiger partial charge in [-0.2, -0.15) is 0 Å². The lowest BCUT2D eigenvalue weighted by Crippen LogP contribution is -2.31.